The second-order valence-corrected chi connectivity index (χ2v) is 7.79. The molecule has 1 N–H and O–H groups in total. The highest BCUT2D eigenvalue weighted by Gasteiger charge is 2.30. The molecule has 0 radical (unpaired) electrons. The van der Waals surface area contributed by atoms with Crippen LogP contribution in [0, 0.1) is 0 Å². The number of rotatable bonds is 3. The Bertz CT molecular complexity index is 1010. The molecule has 1 heterocycles. The molecule has 3 aromatic rings. The molecule has 0 atom stereocenters. The first-order valence-corrected chi connectivity index (χ1v) is 10.3. The van der Waals surface area contributed by atoms with Crippen molar-refractivity contribution in [2.45, 2.75) is 5.92 Å². The van der Waals surface area contributed by atoms with Crippen LogP contribution in [0.25, 0.3) is 11.1 Å². The Kier molecular flexibility index (Phi) is 4.79. The first-order chi connectivity index (χ1) is 14.7. The number of amides is 1. The molecule has 0 bridgehead atoms. The van der Waals surface area contributed by atoms with Crippen LogP contribution < -0.4 is 4.90 Å². The molecule has 5 nitrogen and oxygen atoms in total. The largest absolute Gasteiger partial charge is 0.508 e. The summed E-state index contributed by atoms with van der Waals surface area (Å²) in [6.07, 6.45) is -0.248. The van der Waals surface area contributed by atoms with Gasteiger partial charge < -0.3 is 19.6 Å². The number of anilines is 1. The Morgan fingerprint density at radius 2 is 1.40 bits per heavy atom. The van der Waals surface area contributed by atoms with Gasteiger partial charge in [0, 0.05) is 37.8 Å². The van der Waals surface area contributed by atoms with E-state index in [1.807, 2.05) is 24.3 Å². The molecule has 1 fully saturated rings. The van der Waals surface area contributed by atoms with E-state index in [4.69, 9.17) is 4.74 Å². The lowest BCUT2D eigenvalue weighted by molar-refractivity contribution is 0.0977. The Morgan fingerprint density at radius 1 is 0.833 bits per heavy atom. The summed E-state index contributed by atoms with van der Waals surface area (Å²) in [5.41, 5.74) is 5.97. The molecule has 1 amide bonds. The number of benzene rings is 3. The van der Waals surface area contributed by atoms with Crippen LogP contribution in [0.1, 0.15) is 17.0 Å². The van der Waals surface area contributed by atoms with Crippen molar-refractivity contribution in [3.8, 4) is 16.9 Å². The van der Waals surface area contributed by atoms with E-state index in [-0.39, 0.29) is 17.8 Å². The molecule has 0 aromatic heterocycles. The number of phenols is 1. The van der Waals surface area contributed by atoms with Crippen molar-refractivity contribution in [3.05, 3.63) is 83.9 Å². The number of carbonyl (C=O) groups excluding carboxylic acids is 1. The third-order valence-corrected chi connectivity index (χ3v) is 6.09. The summed E-state index contributed by atoms with van der Waals surface area (Å²) in [7, 11) is 0. The molecule has 1 aliphatic carbocycles. The number of hydrogen-bond acceptors (Lipinski definition) is 4. The Morgan fingerprint density at radius 3 is 2.00 bits per heavy atom. The molecule has 2 aliphatic rings. The fourth-order valence-electron chi connectivity index (χ4n) is 4.50. The summed E-state index contributed by atoms with van der Waals surface area (Å²) < 4.78 is 5.77. The van der Waals surface area contributed by atoms with Gasteiger partial charge in [-0.05, 0) is 46.5 Å². The van der Waals surface area contributed by atoms with E-state index in [1.54, 1.807) is 17.0 Å². The normalized spacial score (nSPS) is 15.6. The van der Waals surface area contributed by atoms with Crippen LogP contribution in [-0.4, -0.2) is 48.9 Å². The highest BCUT2D eigenvalue weighted by molar-refractivity contribution is 5.79. The predicted octanol–water partition coefficient (Wildman–Crippen LogP) is 4.46. The first kappa shape index (κ1) is 18.6. The van der Waals surface area contributed by atoms with Gasteiger partial charge in [-0.25, -0.2) is 4.79 Å². The van der Waals surface area contributed by atoms with Gasteiger partial charge in [-0.3, -0.25) is 0 Å². The van der Waals surface area contributed by atoms with E-state index in [1.165, 1.54) is 22.3 Å². The SMILES string of the molecule is O=C(OCC1c2ccccc2-c2ccccc21)N1CCN(c2ccc(O)cc2)CC1. The third-order valence-electron chi connectivity index (χ3n) is 6.09. The quantitative estimate of drug-likeness (QED) is 0.705. The van der Waals surface area contributed by atoms with Crippen LogP contribution in [-0.2, 0) is 4.74 Å². The van der Waals surface area contributed by atoms with Crippen LogP contribution >= 0.6 is 0 Å². The number of carbonyl (C=O) groups is 1. The lowest BCUT2D eigenvalue weighted by Crippen LogP contribution is -2.49. The summed E-state index contributed by atoms with van der Waals surface area (Å²) >= 11 is 0. The molecule has 30 heavy (non-hydrogen) atoms. The molecule has 5 rings (SSSR count). The molecule has 3 aromatic carbocycles. The fraction of sp³-hybridized carbons (Fsp3) is 0.240. The van der Waals surface area contributed by atoms with Gasteiger partial charge in [0.25, 0.3) is 0 Å². The number of hydrogen-bond donors (Lipinski definition) is 1. The maximum Gasteiger partial charge on any atom is 0.409 e. The number of piperazine rings is 1. The van der Waals surface area contributed by atoms with Crippen molar-refractivity contribution >= 4 is 11.8 Å². The molecule has 152 valence electrons. The van der Waals surface area contributed by atoms with Gasteiger partial charge in [0.1, 0.15) is 12.4 Å². The summed E-state index contributed by atoms with van der Waals surface area (Å²) in [4.78, 5) is 16.7. The van der Waals surface area contributed by atoms with Gasteiger partial charge in [-0.2, -0.15) is 0 Å². The van der Waals surface area contributed by atoms with Gasteiger partial charge in [0.2, 0.25) is 0 Å². The van der Waals surface area contributed by atoms with Gasteiger partial charge >= 0.3 is 6.09 Å². The van der Waals surface area contributed by atoms with E-state index in [2.05, 4.69) is 41.3 Å². The number of nitrogens with zero attached hydrogens (tertiary/aromatic N) is 2. The van der Waals surface area contributed by atoms with Crippen molar-refractivity contribution in [3.63, 3.8) is 0 Å². The van der Waals surface area contributed by atoms with Crippen molar-refractivity contribution < 1.29 is 14.6 Å². The minimum atomic E-state index is -0.248. The molecular formula is C25H24N2O3. The molecule has 1 aliphatic heterocycles. The molecule has 1 saturated heterocycles. The lowest BCUT2D eigenvalue weighted by Gasteiger charge is -2.35. The van der Waals surface area contributed by atoms with Crippen molar-refractivity contribution in [2.24, 2.45) is 0 Å². The van der Waals surface area contributed by atoms with Crippen molar-refractivity contribution in [2.75, 3.05) is 37.7 Å². The van der Waals surface area contributed by atoms with Crippen LogP contribution in [0.3, 0.4) is 0 Å². The van der Waals surface area contributed by atoms with Crippen LogP contribution in [0.2, 0.25) is 0 Å². The standard InChI is InChI=1S/C25H24N2O3/c28-19-11-9-18(10-12-19)26-13-15-27(16-14-26)25(29)30-17-24-22-7-3-1-5-20(22)21-6-2-4-8-23(21)24/h1-12,24,28H,13-17H2. The monoisotopic (exact) mass is 400 g/mol. The van der Waals surface area contributed by atoms with Crippen LogP contribution in [0.5, 0.6) is 5.75 Å². The summed E-state index contributed by atoms with van der Waals surface area (Å²) in [5, 5.41) is 9.45. The van der Waals surface area contributed by atoms with Gasteiger partial charge in [-0.1, -0.05) is 48.5 Å². The minimum Gasteiger partial charge on any atom is -0.508 e. The maximum absolute atomic E-state index is 12.7. The first-order valence-electron chi connectivity index (χ1n) is 10.3. The predicted molar refractivity (Wildman–Crippen MR) is 117 cm³/mol. The number of ether oxygens (including phenoxy) is 1. The third kappa shape index (κ3) is 3.36. The molecule has 0 spiro atoms. The molecular weight excluding hydrogens is 376 g/mol. The fourth-order valence-corrected chi connectivity index (χ4v) is 4.50. The molecule has 5 heteroatoms. The number of phenolic OH excluding ortho intramolecular Hbond substituents is 1. The Hall–Kier alpha value is -3.47. The zero-order chi connectivity index (χ0) is 20.5. The van der Waals surface area contributed by atoms with E-state index in [9.17, 15) is 9.90 Å². The molecule has 0 unspecified atom stereocenters. The number of fused-ring (bicyclic) bond motifs is 3. The second kappa shape index (κ2) is 7.75. The summed E-state index contributed by atoms with van der Waals surface area (Å²) in [6, 6.07) is 23.9. The van der Waals surface area contributed by atoms with E-state index in [0.717, 1.165) is 18.8 Å². The average Bonchev–Trinajstić information content (AvgIpc) is 3.12. The van der Waals surface area contributed by atoms with E-state index >= 15 is 0 Å². The van der Waals surface area contributed by atoms with E-state index in [0.29, 0.717) is 19.7 Å². The average molecular weight is 400 g/mol. The van der Waals surface area contributed by atoms with Crippen molar-refractivity contribution in [1.82, 2.24) is 4.90 Å². The highest BCUT2D eigenvalue weighted by Crippen LogP contribution is 2.44. The highest BCUT2D eigenvalue weighted by atomic mass is 16.6. The van der Waals surface area contributed by atoms with E-state index < -0.39 is 0 Å². The minimum absolute atomic E-state index is 0.0830. The Labute approximate surface area is 176 Å². The van der Waals surface area contributed by atoms with Gasteiger partial charge in [0.15, 0.2) is 0 Å². The zero-order valence-electron chi connectivity index (χ0n) is 16.7. The Balaban J connectivity index is 1.22. The maximum atomic E-state index is 12.7. The van der Waals surface area contributed by atoms with Crippen molar-refractivity contribution in [1.29, 1.82) is 0 Å². The zero-order valence-corrected chi connectivity index (χ0v) is 16.7. The molecule has 0 saturated carbocycles. The van der Waals surface area contributed by atoms with Crippen LogP contribution in [0.15, 0.2) is 72.8 Å². The smallest absolute Gasteiger partial charge is 0.409 e. The summed E-state index contributed by atoms with van der Waals surface area (Å²) in [5.74, 6) is 0.343. The van der Waals surface area contributed by atoms with Crippen LogP contribution in [0.4, 0.5) is 10.5 Å². The van der Waals surface area contributed by atoms with Gasteiger partial charge in [0.05, 0.1) is 0 Å². The number of aromatic hydroxyl groups is 1. The summed E-state index contributed by atoms with van der Waals surface area (Å²) in [6.45, 7) is 3.09. The lowest BCUT2D eigenvalue weighted by atomic mass is 9.98. The second-order valence-electron chi connectivity index (χ2n) is 7.79. The van der Waals surface area contributed by atoms with Gasteiger partial charge in [-0.15, -0.1) is 0 Å². The topological polar surface area (TPSA) is 53.0 Å².